The van der Waals surface area contributed by atoms with Gasteiger partial charge in [0, 0.05) is 6.42 Å². The fraction of sp³-hybridized carbons (Fsp3) is 0.409. The van der Waals surface area contributed by atoms with Crippen molar-refractivity contribution >= 4 is 5.97 Å². The van der Waals surface area contributed by atoms with Gasteiger partial charge in [0.05, 0.1) is 31.5 Å². The Hall–Kier alpha value is -2.45. The predicted octanol–water partition coefficient (Wildman–Crippen LogP) is 2.05. The molecule has 2 aromatic rings. The highest BCUT2D eigenvalue weighted by atomic mass is 16.7. The van der Waals surface area contributed by atoms with Crippen LogP contribution in [0.25, 0.3) is 11.1 Å². The second kappa shape index (κ2) is 8.51. The van der Waals surface area contributed by atoms with Crippen LogP contribution in [0.4, 0.5) is 0 Å². The summed E-state index contributed by atoms with van der Waals surface area (Å²) in [5.41, 5.74) is 1.35. The molecule has 1 saturated heterocycles. The zero-order valence-electron chi connectivity index (χ0n) is 16.7. The number of aryl methyl sites for hydroxylation is 1. The number of hydrogen-bond acceptors (Lipinski definition) is 7. The van der Waals surface area contributed by atoms with Gasteiger partial charge in [-0.05, 0) is 54.8 Å². The second-order valence-corrected chi connectivity index (χ2v) is 7.42. The molecular weight excluding hydrogens is 376 g/mol. The van der Waals surface area contributed by atoms with Gasteiger partial charge in [-0.1, -0.05) is 18.2 Å². The Balaban J connectivity index is 1.84. The molecule has 0 bridgehead atoms. The summed E-state index contributed by atoms with van der Waals surface area (Å²) in [6.07, 6.45) is -2.71. The van der Waals surface area contributed by atoms with Crippen LogP contribution in [0.5, 0.6) is 5.75 Å². The van der Waals surface area contributed by atoms with Gasteiger partial charge in [0.15, 0.2) is 0 Å². The quantitative estimate of drug-likeness (QED) is 0.657. The molecule has 4 atom stereocenters. The highest BCUT2D eigenvalue weighted by Crippen LogP contribution is 2.33. The number of benzene rings is 2. The molecular formula is C22H26O7. The molecule has 0 aromatic heterocycles. The molecule has 156 valence electrons. The predicted molar refractivity (Wildman–Crippen MR) is 106 cm³/mol. The second-order valence-electron chi connectivity index (χ2n) is 7.42. The molecule has 0 amide bonds. The average molecular weight is 402 g/mol. The Labute approximate surface area is 169 Å². The fourth-order valence-electron chi connectivity index (χ4n) is 3.30. The summed E-state index contributed by atoms with van der Waals surface area (Å²) < 4.78 is 16.2. The first kappa shape index (κ1) is 21.3. The van der Waals surface area contributed by atoms with Crippen molar-refractivity contribution < 1.29 is 34.3 Å². The lowest BCUT2D eigenvalue weighted by Gasteiger charge is -2.43. The topological polar surface area (TPSA) is 105 Å². The van der Waals surface area contributed by atoms with E-state index in [1.807, 2.05) is 25.1 Å². The minimum Gasteiger partial charge on any atom is -0.465 e. The van der Waals surface area contributed by atoms with Crippen molar-refractivity contribution in [2.75, 3.05) is 13.7 Å². The van der Waals surface area contributed by atoms with Gasteiger partial charge in [0.25, 0.3) is 0 Å². The van der Waals surface area contributed by atoms with Gasteiger partial charge in [-0.3, -0.25) is 0 Å². The van der Waals surface area contributed by atoms with Gasteiger partial charge in [-0.2, -0.15) is 0 Å². The maximum absolute atomic E-state index is 11.8. The van der Waals surface area contributed by atoms with Crippen LogP contribution in [0.1, 0.15) is 29.3 Å². The minimum atomic E-state index is -1.62. The van der Waals surface area contributed by atoms with Crippen molar-refractivity contribution in [1.29, 1.82) is 0 Å². The molecule has 1 heterocycles. The first-order chi connectivity index (χ1) is 13.8. The maximum atomic E-state index is 11.8. The third kappa shape index (κ3) is 4.43. The molecule has 1 aliphatic rings. The van der Waals surface area contributed by atoms with Crippen LogP contribution in [0.15, 0.2) is 42.5 Å². The standard InChI is InChI=1S/C22H26O7/c1-13-9-15(14-5-4-6-16(10-14)20(25)27-3)7-8-18(13)29-21-22(2,26)19(24)11-17(12-23)28-21/h4-10,17,19,21,23-24,26H,11-12H2,1-3H3/t17-,19-,21?,22-/m0/s1. The normalized spacial score (nSPS) is 26.8. The van der Waals surface area contributed by atoms with Gasteiger partial charge in [0.2, 0.25) is 6.29 Å². The number of rotatable bonds is 5. The molecule has 1 unspecified atom stereocenters. The van der Waals surface area contributed by atoms with Crippen molar-refractivity contribution in [3.63, 3.8) is 0 Å². The Kier molecular flexibility index (Phi) is 6.24. The lowest BCUT2D eigenvalue weighted by Crippen LogP contribution is -2.60. The van der Waals surface area contributed by atoms with Crippen molar-refractivity contribution in [2.45, 2.75) is 44.4 Å². The first-order valence-corrected chi connectivity index (χ1v) is 9.39. The lowest BCUT2D eigenvalue weighted by molar-refractivity contribution is -0.283. The number of methoxy groups -OCH3 is 1. The van der Waals surface area contributed by atoms with Crippen LogP contribution in [0.3, 0.4) is 0 Å². The van der Waals surface area contributed by atoms with Crippen molar-refractivity contribution in [2.24, 2.45) is 0 Å². The Morgan fingerprint density at radius 3 is 2.62 bits per heavy atom. The summed E-state index contributed by atoms with van der Waals surface area (Å²) in [7, 11) is 1.34. The maximum Gasteiger partial charge on any atom is 0.337 e. The zero-order valence-corrected chi connectivity index (χ0v) is 16.7. The SMILES string of the molecule is COC(=O)c1cccc(-c2ccc(OC3O[C@H](CO)C[C@H](O)[C@]3(C)O)c(C)c2)c1. The summed E-state index contributed by atoms with van der Waals surface area (Å²) >= 11 is 0. The van der Waals surface area contributed by atoms with E-state index < -0.39 is 30.1 Å². The summed E-state index contributed by atoms with van der Waals surface area (Å²) in [6.45, 7) is 3.01. The molecule has 0 radical (unpaired) electrons. The van der Waals surface area contributed by atoms with Crippen LogP contribution in [0, 0.1) is 6.92 Å². The Morgan fingerprint density at radius 1 is 1.24 bits per heavy atom. The smallest absolute Gasteiger partial charge is 0.337 e. The fourth-order valence-corrected chi connectivity index (χ4v) is 3.30. The van der Waals surface area contributed by atoms with Gasteiger partial charge >= 0.3 is 5.97 Å². The lowest BCUT2D eigenvalue weighted by atomic mass is 9.90. The van der Waals surface area contributed by atoms with E-state index in [9.17, 15) is 20.1 Å². The van der Waals surface area contributed by atoms with Crippen LogP contribution >= 0.6 is 0 Å². The Bertz CT molecular complexity index is 877. The van der Waals surface area contributed by atoms with Crippen molar-refractivity contribution in [3.05, 3.63) is 53.6 Å². The zero-order chi connectivity index (χ0) is 21.2. The van der Waals surface area contributed by atoms with Gasteiger partial charge < -0.3 is 29.5 Å². The summed E-state index contributed by atoms with van der Waals surface area (Å²) in [6, 6.07) is 12.6. The molecule has 0 aliphatic carbocycles. The molecule has 7 nitrogen and oxygen atoms in total. The molecule has 7 heteroatoms. The van der Waals surface area contributed by atoms with Gasteiger partial charge in [-0.25, -0.2) is 4.79 Å². The number of carbonyl (C=O) groups excluding carboxylic acids is 1. The molecule has 29 heavy (non-hydrogen) atoms. The number of ether oxygens (including phenoxy) is 3. The molecule has 2 aromatic carbocycles. The van der Waals surface area contributed by atoms with E-state index in [0.29, 0.717) is 11.3 Å². The van der Waals surface area contributed by atoms with E-state index in [0.717, 1.165) is 16.7 Å². The van der Waals surface area contributed by atoms with Crippen molar-refractivity contribution in [1.82, 2.24) is 0 Å². The van der Waals surface area contributed by atoms with E-state index >= 15 is 0 Å². The van der Waals surface area contributed by atoms with Gasteiger partial charge in [0.1, 0.15) is 11.4 Å². The Morgan fingerprint density at radius 2 is 1.97 bits per heavy atom. The third-order valence-corrected chi connectivity index (χ3v) is 5.18. The van der Waals surface area contributed by atoms with Crippen LogP contribution in [0.2, 0.25) is 0 Å². The van der Waals surface area contributed by atoms with Crippen molar-refractivity contribution in [3.8, 4) is 16.9 Å². The summed E-state index contributed by atoms with van der Waals surface area (Å²) in [5.74, 6) is 0.0751. The summed E-state index contributed by atoms with van der Waals surface area (Å²) in [5, 5.41) is 30.1. The number of carbonyl (C=O) groups is 1. The first-order valence-electron chi connectivity index (χ1n) is 9.39. The molecule has 0 spiro atoms. The average Bonchev–Trinajstić information content (AvgIpc) is 2.72. The van der Waals surface area contributed by atoms with E-state index in [4.69, 9.17) is 14.2 Å². The molecule has 3 N–H and O–H groups in total. The highest BCUT2D eigenvalue weighted by Gasteiger charge is 2.48. The van der Waals surface area contributed by atoms with E-state index in [1.54, 1.807) is 24.3 Å². The highest BCUT2D eigenvalue weighted by molar-refractivity contribution is 5.91. The monoisotopic (exact) mass is 402 g/mol. The van der Waals surface area contributed by atoms with E-state index in [2.05, 4.69) is 0 Å². The minimum absolute atomic E-state index is 0.123. The largest absolute Gasteiger partial charge is 0.465 e. The van der Waals surface area contributed by atoms with E-state index in [1.165, 1.54) is 14.0 Å². The molecule has 3 rings (SSSR count). The number of aliphatic hydroxyl groups excluding tert-OH is 2. The molecule has 0 saturated carbocycles. The summed E-state index contributed by atoms with van der Waals surface area (Å²) in [4.78, 5) is 11.8. The number of esters is 1. The van der Waals surface area contributed by atoms with Gasteiger partial charge in [-0.15, -0.1) is 0 Å². The molecule has 1 fully saturated rings. The third-order valence-electron chi connectivity index (χ3n) is 5.18. The molecule has 1 aliphatic heterocycles. The van der Waals surface area contributed by atoms with Crippen LogP contribution in [-0.2, 0) is 9.47 Å². The number of hydrogen-bond donors (Lipinski definition) is 3. The van der Waals surface area contributed by atoms with Crippen LogP contribution < -0.4 is 4.74 Å². The van der Waals surface area contributed by atoms with Crippen LogP contribution in [-0.4, -0.2) is 59.1 Å². The number of aliphatic hydroxyl groups is 3. The van der Waals surface area contributed by atoms with E-state index in [-0.39, 0.29) is 13.0 Å².